The van der Waals surface area contributed by atoms with Crippen LogP contribution in [0.4, 0.5) is 0 Å². The number of hydrogen-bond donors (Lipinski definition) is 1. The third-order valence-electron chi connectivity index (χ3n) is 6.49. The van der Waals surface area contributed by atoms with Crippen molar-refractivity contribution >= 4 is 29.2 Å². The topological polar surface area (TPSA) is 75.0 Å². The molecule has 3 aromatic heterocycles. The van der Waals surface area contributed by atoms with Crippen LogP contribution in [-0.2, 0) is 0 Å². The van der Waals surface area contributed by atoms with Crippen LogP contribution in [0.25, 0.3) is 22.0 Å². The summed E-state index contributed by atoms with van der Waals surface area (Å²) in [6.45, 7) is 7.60. The Morgan fingerprint density at radius 1 is 1.21 bits per heavy atom. The zero-order chi connectivity index (χ0) is 22.2. The molecule has 4 aromatic rings. The minimum Gasteiger partial charge on any atom is -0.357 e. The van der Waals surface area contributed by atoms with E-state index in [1.54, 1.807) is 6.07 Å². The molecule has 33 heavy (non-hydrogen) atoms. The molecule has 1 amide bonds. The lowest BCUT2D eigenvalue weighted by molar-refractivity contribution is 0.0664. The van der Waals surface area contributed by atoms with E-state index in [1.165, 1.54) is 22.2 Å². The fraction of sp³-hybridized carbons (Fsp3) is 0.346. The fourth-order valence-corrected chi connectivity index (χ4v) is 4.73. The molecule has 1 fully saturated rings. The molecule has 172 valence electrons. The number of fused-ring (bicyclic) bond motifs is 1. The molecule has 4 heterocycles. The first-order valence-electron chi connectivity index (χ1n) is 11.3. The Bertz CT molecular complexity index is 1260. The number of carbonyl (C=O) groups is 1. The maximum atomic E-state index is 13.2. The summed E-state index contributed by atoms with van der Waals surface area (Å²) in [6, 6.07) is 12.3. The van der Waals surface area contributed by atoms with Gasteiger partial charge in [0.2, 0.25) is 5.76 Å². The van der Waals surface area contributed by atoms with Crippen molar-refractivity contribution in [1.82, 2.24) is 20.0 Å². The van der Waals surface area contributed by atoms with Crippen molar-refractivity contribution in [3.63, 3.8) is 0 Å². The molecule has 6 nitrogen and oxygen atoms in total. The van der Waals surface area contributed by atoms with Crippen molar-refractivity contribution in [2.45, 2.75) is 45.4 Å². The van der Waals surface area contributed by atoms with Crippen LogP contribution in [0.1, 0.15) is 66.0 Å². The van der Waals surface area contributed by atoms with Crippen LogP contribution in [0, 0.1) is 6.92 Å². The lowest BCUT2D eigenvalue weighted by Crippen LogP contribution is -2.39. The van der Waals surface area contributed by atoms with E-state index in [0.29, 0.717) is 12.3 Å². The Kier molecular flexibility index (Phi) is 6.56. The van der Waals surface area contributed by atoms with Crippen molar-refractivity contribution in [1.29, 1.82) is 0 Å². The fourth-order valence-electron chi connectivity index (χ4n) is 4.73. The summed E-state index contributed by atoms with van der Waals surface area (Å²) in [6.07, 6.45) is 5.65. The van der Waals surface area contributed by atoms with Gasteiger partial charge in [-0.25, -0.2) is 0 Å². The number of likely N-dealkylation sites (tertiary alicyclic amines) is 1. The summed E-state index contributed by atoms with van der Waals surface area (Å²) < 4.78 is 5.38. The van der Waals surface area contributed by atoms with Gasteiger partial charge in [0.1, 0.15) is 0 Å². The van der Waals surface area contributed by atoms with Gasteiger partial charge in [0.05, 0.1) is 5.69 Å². The molecule has 0 aliphatic carbocycles. The second-order valence-electron chi connectivity index (χ2n) is 9.01. The van der Waals surface area contributed by atoms with E-state index in [-0.39, 0.29) is 30.2 Å². The van der Waals surface area contributed by atoms with E-state index in [4.69, 9.17) is 4.52 Å². The van der Waals surface area contributed by atoms with E-state index in [1.807, 2.05) is 31.1 Å². The third-order valence-corrected chi connectivity index (χ3v) is 6.49. The van der Waals surface area contributed by atoms with E-state index in [2.05, 4.69) is 52.4 Å². The molecule has 0 radical (unpaired) electrons. The molecular formula is C26H29ClN4O2. The standard InChI is InChI=1S/C26H28N4O2.ClH/c1-16(2)21-14-22(32-29-21)26(31)30-13-5-7-19(15-30)25-23(18-9-11-27-12-10-18)20-8-4-6-17(3)24(20)28-25;/h4,6,8-12,14,16,19,28H,5,7,13,15H2,1-3H3;1H. The first kappa shape index (κ1) is 23.1. The quantitative estimate of drug-likeness (QED) is 0.396. The first-order chi connectivity index (χ1) is 15.5. The van der Waals surface area contributed by atoms with Gasteiger partial charge in [0, 0.05) is 59.6 Å². The van der Waals surface area contributed by atoms with Crippen LogP contribution in [0.5, 0.6) is 0 Å². The number of piperidine rings is 1. The summed E-state index contributed by atoms with van der Waals surface area (Å²) in [5.41, 5.74) is 6.75. The molecule has 7 heteroatoms. The van der Waals surface area contributed by atoms with Crippen molar-refractivity contribution in [2.75, 3.05) is 13.1 Å². The Labute approximate surface area is 199 Å². The predicted molar refractivity (Wildman–Crippen MR) is 132 cm³/mol. The van der Waals surface area contributed by atoms with Crippen LogP contribution >= 0.6 is 12.4 Å². The molecule has 1 saturated heterocycles. The van der Waals surface area contributed by atoms with Crippen molar-refractivity contribution < 1.29 is 9.32 Å². The summed E-state index contributed by atoms with van der Waals surface area (Å²) in [4.78, 5) is 23.0. The van der Waals surface area contributed by atoms with Crippen LogP contribution in [0.15, 0.2) is 53.3 Å². The van der Waals surface area contributed by atoms with Gasteiger partial charge in [-0.2, -0.15) is 0 Å². The van der Waals surface area contributed by atoms with Crippen LogP contribution in [-0.4, -0.2) is 39.0 Å². The molecule has 0 saturated carbocycles. The summed E-state index contributed by atoms with van der Waals surface area (Å²) in [7, 11) is 0. The average molecular weight is 465 g/mol. The lowest BCUT2D eigenvalue weighted by atomic mass is 9.89. The number of carbonyl (C=O) groups excluding carboxylic acids is 1. The Morgan fingerprint density at radius 3 is 2.73 bits per heavy atom. The van der Waals surface area contributed by atoms with Gasteiger partial charge in [0.15, 0.2) is 0 Å². The number of H-pyrrole nitrogens is 1. The van der Waals surface area contributed by atoms with E-state index in [9.17, 15) is 4.79 Å². The molecule has 0 bridgehead atoms. The van der Waals surface area contributed by atoms with Gasteiger partial charge in [-0.1, -0.05) is 37.2 Å². The van der Waals surface area contributed by atoms with Gasteiger partial charge in [-0.15, -0.1) is 12.4 Å². The SMILES string of the molecule is Cc1cccc2c(-c3ccncc3)c(C3CCCN(C(=O)c4cc(C(C)C)no4)C3)[nH]c12.Cl. The number of benzene rings is 1. The second-order valence-corrected chi connectivity index (χ2v) is 9.01. The largest absolute Gasteiger partial charge is 0.357 e. The molecule has 1 aliphatic rings. The zero-order valence-corrected chi connectivity index (χ0v) is 20.0. The molecule has 1 N–H and O–H groups in total. The molecule has 1 aliphatic heterocycles. The lowest BCUT2D eigenvalue weighted by Gasteiger charge is -2.32. The maximum absolute atomic E-state index is 13.2. The van der Waals surface area contributed by atoms with E-state index >= 15 is 0 Å². The molecule has 1 aromatic carbocycles. The number of halogens is 1. The smallest absolute Gasteiger partial charge is 0.292 e. The normalized spacial score (nSPS) is 16.2. The molecule has 1 unspecified atom stereocenters. The number of aromatic amines is 1. The average Bonchev–Trinajstić information content (AvgIpc) is 3.46. The number of nitrogens with one attached hydrogen (secondary N) is 1. The monoisotopic (exact) mass is 464 g/mol. The van der Waals surface area contributed by atoms with Crippen molar-refractivity contribution in [2.24, 2.45) is 0 Å². The zero-order valence-electron chi connectivity index (χ0n) is 19.2. The molecule has 0 spiro atoms. The van der Waals surface area contributed by atoms with Crippen LogP contribution in [0.2, 0.25) is 0 Å². The van der Waals surface area contributed by atoms with Gasteiger partial charge < -0.3 is 14.4 Å². The number of para-hydroxylation sites is 1. The summed E-state index contributed by atoms with van der Waals surface area (Å²) in [5.74, 6) is 0.699. The minimum absolute atomic E-state index is 0. The first-order valence-corrected chi connectivity index (χ1v) is 11.3. The highest BCUT2D eigenvalue weighted by Crippen LogP contribution is 2.40. The molecule has 5 rings (SSSR count). The highest BCUT2D eigenvalue weighted by molar-refractivity contribution is 5.99. The summed E-state index contributed by atoms with van der Waals surface area (Å²) in [5, 5.41) is 5.28. The third kappa shape index (κ3) is 4.27. The van der Waals surface area contributed by atoms with Gasteiger partial charge in [-0.3, -0.25) is 9.78 Å². The molecule has 1 atom stereocenters. The van der Waals surface area contributed by atoms with E-state index < -0.39 is 0 Å². The van der Waals surface area contributed by atoms with Crippen molar-refractivity contribution in [3.05, 3.63) is 71.5 Å². The van der Waals surface area contributed by atoms with Gasteiger partial charge in [-0.05, 0) is 48.9 Å². The number of rotatable bonds is 4. The highest BCUT2D eigenvalue weighted by Gasteiger charge is 2.31. The van der Waals surface area contributed by atoms with Crippen LogP contribution in [0.3, 0.4) is 0 Å². The van der Waals surface area contributed by atoms with Crippen LogP contribution < -0.4 is 0 Å². The summed E-state index contributed by atoms with van der Waals surface area (Å²) >= 11 is 0. The van der Waals surface area contributed by atoms with Gasteiger partial charge >= 0.3 is 0 Å². The number of aromatic nitrogens is 3. The predicted octanol–water partition coefficient (Wildman–Crippen LogP) is 6.09. The number of amides is 1. The Morgan fingerprint density at radius 2 is 2.00 bits per heavy atom. The van der Waals surface area contributed by atoms with Gasteiger partial charge in [0.25, 0.3) is 5.91 Å². The Hall–Kier alpha value is -3.12. The second kappa shape index (κ2) is 9.40. The van der Waals surface area contributed by atoms with Crippen molar-refractivity contribution in [3.8, 4) is 11.1 Å². The highest BCUT2D eigenvalue weighted by atomic mass is 35.5. The minimum atomic E-state index is -0.0770. The molecular weight excluding hydrogens is 436 g/mol. The Balaban J connectivity index is 0.00000259. The number of aryl methyl sites for hydroxylation is 1. The number of pyridine rings is 1. The number of hydrogen-bond acceptors (Lipinski definition) is 4. The maximum Gasteiger partial charge on any atom is 0.292 e. The van der Waals surface area contributed by atoms with E-state index in [0.717, 1.165) is 36.2 Å². The number of nitrogens with zero attached hydrogens (tertiary/aromatic N) is 3.